The summed E-state index contributed by atoms with van der Waals surface area (Å²) < 4.78 is 62.0. The van der Waals surface area contributed by atoms with Gasteiger partial charge in [-0.1, -0.05) is 38.3 Å². The van der Waals surface area contributed by atoms with Crippen LogP contribution in [0.1, 0.15) is 20.8 Å². The first-order valence-electron chi connectivity index (χ1n) is 13.5. The predicted octanol–water partition coefficient (Wildman–Crippen LogP) is 0.00600. The zero-order valence-corrected chi connectivity index (χ0v) is 32.6. The molecule has 0 saturated heterocycles. The summed E-state index contributed by atoms with van der Waals surface area (Å²) in [5.41, 5.74) is 0. The van der Waals surface area contributed by atoms with Gasteiger partial charge in [-0.15, -0.1) is 0 Å². The van der Waals surface area contributed by atoms with E-state index in [1.807, 2.05) is 6.07 Å². The van der Waals surface area contributed by atoms with Crippen molar-refractivity contribution in [2.24, 2.45) is 0 Å². The summed E-state index contributed by atoms with van der Waals surface area (Å²) in [5, 5.41) is 14.5. The number of para-hydroxylation sites is 1. The highest BCUT2D eigenvalue weighted by Gasteiger charge is 2.52. The van der Waals surface area contributed by atoms with Gasteiger partial charge in [0, 0.05) is 13.2 Å². The molecular weight excluding hydrogens is 786 g/mol. The first-order chi connectivity index (χ1) is 21.7. The van der Waals surface area contributed by atoms with E-state index in [9.17, 15) is 22.8 Å². The Hall–Kier alpha value is -0.170. The molecule has 13 N–H and O–H groups in total. The standard InChI is InChI=1S/C8H11O5P.C6H15NO.C4H14NO8P3.C3H10O6P2/c9-14(10,11)13-7-6-12-8-4-2-1-3-5-8;1-3-7(4-2)5-6-8;1-14(6,7)2-5(3-15(8,9)10)4-16(11,12)13;1-3(4,10(2,5)6)11(7,8)9/h1-5H,6-7H2,(H2,9,10,11);8H,3-6H2,1-2H3;6-7H,1-4H2,(H2,8,9,10)(H2,11,12,13);4H,1-2H3,(H,5,6)(H2,7,8,9). The number of hydrogen-bond donors (Lipinski definition) is 13. The summed E-state index contributed by atoms with van der Waals surface area (Å²) in [6, 6.07) is 8.95. The van der Waals surface area contributed by atoms with E-state index in [0.717, 1.165) is 19.6 Å². The molecule has 1 aromatic rings. The average molecular weight is 836 g/mol. The largest absolute Gasteiger partial charge is 0.491 e. The second kappa shape index (κ2) is 23.5. The number of ether oxygens (including phenoxy) is 1. The van der Waals surface area contributed by atoms with Crippen molar-refractivity contribution in [3.05, 3.63) is 30.3 Å². The van der Waals surface area contributed by atoms with Crippen LogP contribution in [0.15, 0.2) is 30.3 Å². The maximum atomic E-state index is 10.7. The topological polar surface area (TPSA) is 373 Å². The van der Waals surface area contributed by atoms with Crippen LogP contribution >= 0.6 is 45.3 Å². The molecule has 0 saturated carbocycles. The third-order valence-corrected chi connectivity index (χ3v) is 12.7. The molecule has 49 heavy (non-hydrogen) atoms. The van der Waals surface area contributed by atoms with Crippen molar-refractivity contribution in [2.45, 2.75) is 25.9 Å². The van der Waals surface area contributed by atoms with Crippen LogP contribution < -0.4 is 4.74 Å². The molecule has 0 aliphatic carbocycles. The van der Waals surface area contributed by atoms with Crippen molar-refractivity contribution in [3.63, 3.8) is 0 Å². The van der Waals surface area contributed by atoms with E-state index in [2.05, 4.69) is 29.6 Å². The van der Waals surface area contributed by atoms with Crippen molar-refractivity contribution < 1.29 is 96.1 Å². The Kier molecular flexibility index (Phi) is 25.5. The molecule has 28 heteroatoms. The molecule has 294 valence electrons. The van der Waals surface area contributed by atoms with Gasteiger partial charge in [0.2, 0.25) is 12.5 Å². The fraction of sp³-hybridized carbons (Fsp3) is 0.667. The minimum atomic E-state index is -4.95. The van der Waals surface area contributed by atoms with E-state index in [0.29, 0.717) is 24.2 Å². The van der Waals surface area contributed by atoms with E-state index in [-0.39, 0.29) is 19.8 Å². The number of nitrogens with zero attached hydrogens (tertiary/aromatic N) is 2. The zero-order chi connectivity index (χ0) is 39.5. The van der Waals surface area contributed by atoms with Crippen LogP contribution in [0, 0.1) is 0 Å². The fourth-order valence-electron chi connectivity index (χ4n) is 2.73. The van der Waals surface area contributed by atoms with Crippen LogP contribution in [0.5, 0.6) is 5.75 Å². The number of benzene rings is 1. The number of rotatable bonds is 17. The lowest BCUT2D eigenvalue weighted by Gasteiger charge is -2.26. The Balaban J connectivity index is -0.000000593. The highest BCUT2D eigenvalue weighted by Crippen LogP contribution is 2.67. The highest BCUT2D eigenvalue weighted by atomic mass is 31.2. The van der Waals surface area contributed by atoms with Crippen molar-refractivity contribution in [1.82, 2.24) is 9.80 Å². The molecule has 0 aliphatic rings. The third kappa shape index (κ3) is 32.2. The SMILES string of the molecule is C=P(O)(O)CN(CP(=O)(O)O)CP(=O)(O)O.CC(O)(P(C)(=O)O)P(=O)(O)O.CCN(CC)CCO.O=P(O)(O)OCCOc1ccccc1. The van der Waals surface area contributed by atoms with Crippen molar-refractivity contribution in [2.75, 3.05) is 65.0 Å². The minimum absolute atomic E-state index is 0.106. The lowest BCUT2D eigenvalue weighted by Crippen LogP contribution is -2.27. The quantitative estimate of drug-likeness (QED) is 0.0725. The van der Waals surface area contributed by atoms with Crippen LogP contribution in [-0.2, 0) is 27.3 Å². The van der Waals surface area contributed by atoms with Crippen LogP contribution in [0.25, 0.3) is 0 Å². The maximum Gasteiger partial charge on any atom is 0.469 e. The van der Waals surface area contributed by atoms with E-state index in [4.69, 9.17) is 68.8 Å². The Morgan fingerprint density at radius 3 is 1.41 bits per heavy atom. The number of aliphatic hydroxyl groups excluding tert-OH is 1. The molecule has 0 radical (unpaired) electrons. The van der Waals surface area contributed by atoms with Gasteiger partial charge in [0.1, 0.15) is 32.3 Å². The normalized spacial score (nSPS) is 15.0. The summed E-state index contributed by atoms with van der Waals surface area (Å²) in [4.78, 5) is 97.5. The van der Waals surface area contributed by atoms with Gasteiger partial charge in [-0.05, 0) is 32.1 Å². The van der Waals surface area contributed by atoms with Crippen LogP contribution in [0.3, 0.4) is 0 Å². The van der Waals surface area contributed by atoms with Gasteiger partial charge in [0.25, 0.3) is 0 Å². The van der Waals surface area contributed by atoms with Crippen LogP contribution in [-0.4, -0.2) is 150 Å². The van der Waals surface area contributed by atoms with Gasteiger partial charge in [-0.2, -0.15) is 0 Å². The van der Waals surface area contributed by atoms with Crippen LogP contribution in [0.2, 0.25) is 0 Å². The molecule has 22 nitrogen and oxygen atoms in total. The Bertz CT molecular complexity index is 1250. The van der Waals surface area contributed by atoms with Gasteiger partial charge in [0.05, 0.1) is 19.5 Å². The van der Waals surface area contributed by atoms with Gasteiger partial charge >= 0.3 is 30.6 Å². The average Bonchev–Trinajstić information content (AvgIpc) is 2.87. The summed E-state index contributed by atoms with van der Waals surface area (Å²) >= 11 is 0. The lowest BCUT2D eigenvalue weighted by molar-refractivity contribution is 0.160. The first-order valence-corrected chi connectivity index (χ1v) is 24.4. The molecule has 2 unspecified atom stereocenters. The molecular formula is C21H50N2O20P6. The number of aliphatic hydroxyl groups is 2. The molecule has 0 heterocycles. The zero-order valence-electron chi connectivity index (χ0n) is 27.2. The first kappa shape index (κ1) is 53.2. The number of likely N-dealkylation sites (N-methyl/N-ethyl adjacent to an activating group) is 1. The summed E-state index contributed by atoms with van der Waals surface area (Å²) in [7, 11) is -26.3. The second-order valence-electron chi connectivity index (χ2n) is 9.93. The van der Waals surface area contributed by atoms with Gasteiger partial charge in [-0.25, -0.2) is 4.57 Å². The van der Waals surface area contributed by atoms with Gasteiger partial charge in [-0.3, -0.25) is 27.7 Å². The van der Waals surface area contributed by atoms with Gasteiger partial charge < -0.3 is 73.7 Å². The Morgan fingerprint density at radius 1 is 0.735 bits per heavy atom. The third-order valence-electron chi connectivity index (χ3n) is 5.20. The molecule has 1 rings (SSSR count). The Labute approximate surface area is 284 Å². The minimum Gasteiger partial charge on any atom is -0.491 e. The molecule has 2 atom stereocenters. The van der Waals surface area contributed by atoms with Crippen LogP contribution in [0.4, 0.5) is 0 Å². The maximum absolute atomic E-state index is 10.7. The molecule has 1 aromatic carbocycles. The number of phosphoric ester groups is 1. The Morgan fingerprint density at radius 2 is 1.16 bits per heavy atom. The number of hydrogen-bond acceptors (Lipinski definition) is 13. The van der Waals surface area contributed by atoms with E-state index < -0.39 is 69.3 Å². The fourth-order valence-corrected chi connectivity index (χ4v) is 7.73. The van der Waals surface area contributed by atoms with Gasteiger partial charge in [0.15, 0.2) is 0 Å². The summed E-state index contributed by atoms with van der Waals surface area (Å²) in [6.07, 6.45) is 0.302. The van der Waals surface area contributed by atoms with Crippen molar-refractivity contribution in [3.8, 4) is 5.75 Å². The molecule has 0 aromatic heterocycles. The van der Waals surface area contributed by atoms with Crippen molar-refractivity contribution >= 4 is 51.6 Å². The monoisotopic (exact) mass is 836 g/mol. The van der Waals surface area contributed by atoms with Crippen molar-refractivity contribution in [1.29, 1.82) is 0 Å². The summed E-state index contributed by atoms with van der Waals surface area (Å²) in [5.74, 6) is 0.641. The van der Waals surface area contributed by atoms with E-state index >= 15 is 0 Å². The molecule has 0 spiro atoms. The molecule has 0 aliphatic heterocycles. The second-order valence-corrected chi connectivity index (χ2v) is 21.4. The van der Waals surface area contributed by atoms with E-state index in [1.54, 1.807) is 24.3 Å². The van der Waals surface area contributed by atoms with E-state index in [1.165, 1.54) is 0 Å². The highest BCUT2D eigenvalue weighted by molar-refractivity contribution is 7.74. The summed E-state index contributed by atoms with van der Waals surface area (Å²) in [6.45, 7) is 8.65. The lowest BCUT2D eigenvalue weighted by atomic mass is 10.3. The number of phosphoric acid groups is 1. The molecule has 0 bridgehead atoms. The molecule has 0 amide bonds. The smallest absolute Gasteiger partial charge is 0.469 e. The predicted molar refractivity (Wildman–Crippen MR) is 182 cm³/mol. The molecule has 0 fully saturated rings.